The Kier molecular flexibility index (Phi) is 5.26. The van der Waals surface area contributed by atoms with Gasteiger partial charge in [0.25, 0.3) is 5.56 Å². The van der Waals surface area contributed by atoms with Crippen molar-refractivity contribution >= 4 is 28.7 Å². The molecule has 0 bridgehead atoms. The van der Waals surface area contributed by atoms with Crippen molar-refractivity contribution in [2.24, 2.45) is 14.1 Å². The second-order valence-corrected chi connectivity index (χ2v) is 6.88. The molecule has 0 unspecified atom stereocenters. The highest BCUT2D eigenvalue weighted by Crippen LogP contribution is 2.28. The van der Waals surface area contributed by atoms with E-state index in [9.17, 15) is 14.4 Å². The van der Waals surface area contributed by atoms with E-state index in [1.807, 2.05) is 44.2 Å². The number of carbonyl (C=O) groups excluding carboxylic acids is 1. The van der Waals surface area contributed by atoms with Gasteiger partial charge < -0.3 is 5.32 Å². The van der Waals surface area contributed by atoms with Gasteiger partial charge in [-0.2, -0.15) is 0 Å². The summed E-state index contributed by atoms with van der Waals surface area (Å²) >= 11 is 0. The molecule has 1 N–H and O–H groups in total. The first-order valence-electron chi connectivity index (χ1n) is 8.94. The summed E-state index contributed by atoms with van der Waals surface area (Å²) in [5.41, 5.74) is 1.28. The van der Waals surface area contributed by atoms with Gasteiger partial charge in [-0.3, -0.25) is 18.7 Å². The first-order chi connectivity index (χ1) is 13.3. The fourth-order valence-electron chi connectivity index (χ4n) is 3.02. The lowest BCUT2D eigenvalue weighted by Gasteiger charge is -2.16. The second-order valence-electron chi connectivity index (χ2n) is 6.88. The number of rotatable bonds is 4. The molecule has 0 aliphatic heterocycles. The van der Waals surface area contributed by atoms with Crippen LogP contribution in [-0.2, 0) is 18.9 Å². The maximum atomic E-state index is 12.8. The minimum atomic E-state index is -0.490. The van der Waals surface area contributed by atoms with Gasteiger partial charge in [-0.25, -0.2) is 9.78 Å². The third-order valence-corrected chi connectivity index (χ3v) is 4.60. The number of carbonyl (C=O) groups is 1. The van der Waals surface area contributed by atoms with Gasteiger partial charge in [-0.15, -0.1) is 0 Å². The zero-order chi connectivity index (χ0) is 20.4. The topological polar surface area (TPSA) is 86.0 Å². The van der Waals surface area contributed by atoms with Gasteiger partial charge >= 0.3 is 5.69 Å². The molecule has 1 aromatic carbocycles. The summed E-state index contributed by atoms with van der Waals surface area (Å²) in [6, 6.07) is 9.44. The Morgan fingerprint density at radius 3 is 2.43 bits per heavy atom. The molecule has 144 valence electrons. The summed E-state index contributed by atoms with van der Waals surface area (Å²) in [5, 5.41) is 3.05. The number of amides is 1. The number of aryl methyl sites for hydroxylation is 1. The first-order valence-corrected chi connectivity index (χ1v) is 8.94. The van der Waals surface area contributed by atoms with Gasteiger partial charge in [0.15, 0.2) is 5.65 Å². The van der Waals surface area contributed by atoms with Crippen LogP contribution in [0.15, 0.2) is 52.2 Å². The SMILES string of the molecule is CC(C)c1cnc2c(c1NC(=O)/C=C\c1ccccc1)c(=O)n(C)c(=O)n2C. The predicted octanol–water partition coefficient (Wildman–Crippen LogP) is 2.41. The Morgan fingerprint density at radius 2 is 1.79 bits per heavy atom. The van der Waals surface area contributed by atoms with E-state index >= 15 is 0 Å². The third kappa shape index (κ3) is 3.51. The number of benzene rings is 1. The Balaban J connectivity index is 2.14. The van der Waals surface area contributed by atoms with Gasteiger partial charge in [0.1, 0.15) is 5.39 Å². The van der Waals surface area contributed by atoms with E-state index in [0.717, 1.165) is 15.7 Å². The molecular formula is C21H22N4O3. The lowest BCUT2D eigenvalue weighted by molar-refractivity contribution is -0.111. The number of hydrogen-bond acceptors (Lipinski definition) is 4. The van der Waals surface area contributed by atoms with Crippen LogP contribution in [0.2, 0.25) is 0 Å². The van der Waals surface area contributed by atoms with Crippen molar-refractivity contribution in [2.75, 3.05) is 5.32 Å². The molecule has 0 saturated heterocycles. The quantitative estimate of drug-likeness (QED) is 0.707. The zero-order valence-corrected chi connectivity index (χ0v) is 16.3. The Labute approximate surface area is 162 Å². The number of nitrogens with zero attached hydrogens (tertiary/aromatic N) is 3. The molecule has 0 aliphatic rings. The molecule has 7 heteroatoms. The summed E-state index contributed by atoms with van der Waals surface area (Å²) < 4.78 is 2.32. The van der Waals surface area contributed by atoms with Crippen LogP contribution >= 0.6 is 0 Å². The van der Waals surface area contributed by atoms with Gasteiger partial charge in [-0.05, 0) is 23.1 Å². The summed E-state index contributed by atoms with van der Waals surface area (Å²) in [4.78, 5) is 41.9. The standard InChI is InChI=1S/C21H22N4O3/c1-13(2)15-12-22-19-17(20(27)25(4)21(28)24(19)3)18(15)23-16(26)11-10-14-8-6-5-7-9-14/h5-13H,1-4H3,(H,22,23,26)/b11-10-. The number of anilines is 1. The summed E-state index contributed by atoms with van der Waals surface area (Å²) in [6.07, 6.45) is 4.71. The molecule has 2 aromatic heterocycles. The van der Waals surface area contributed by atoms with Crippen molar-refractivity contribution in [3.05, 3.63) is 74.6 Å². The average molecular weight is 378 g/mol. The zero-order valence-electron chi connectivity index (χ0n) is 16.3. The van der Waals surface area contributed by atoms with E-state index in [4.69, 9.17) is 0 Å². The van der Waals surface area contributed by atoms with Gasteiger partial charge in [0.05, 0.1) is 5.69 Å². The highest BCUT2D eigenvalue weighted by Gasteiger charge is 2.19. The molecule has 0 spiro atoms. The van der Waals surface area contributed by atoms with Crippen molar-refractivity contribution in [2.45, 2.75) is 19.8 Å². The van der Waals surface area contributed by atoms with E-state index in [-0.39, 0.29) is 22.9 Å². The lowest BCUT2D eigenvalue weighted by atomic mass is 10.0. The van der Waals surface area contributed by atoms with Crippen molar-refractivity contribution in [1.82, 2.24) is 14.1 Å². The number of aromatic nitrogens is 3. The molecule has 0 aliphatic carbocycles. The Bertz CT molecular complexity index is 1190. The first kappa shape index (κ1) is 19.3. The van der Waals surface area contributed by atoms with Crippen LogP contribution in [0.25, 0.3) is 17.1 Å². The van der Waals surface area contributed by atoms with Crippen LogP contribution in [0.4, 0.5) is 5.69 Å². The summed E-state index contributed by atoms with van der Waals surface area (Å²) in [7, 11) is 2.96. The maximum absolute atomic E-state index is 12.8. The van der Waals surface area contributed by atoms with Crippen LogP contribution in [0.3, 0.4) is 0 Å². The fraction of sp³-hybridized carbons (Fsp3) is 0.238. The van der Waals surface area contributed by atoms with Crippen LogP contribution in [0, 0.1) is 0 Å². The van der Waals surface area contributed by atoms with Crippen LogP contribution in [-0.4, -0.2) is 20.0 Å². The number of nitrogens with one attached hydrogen (secondary N) is 1. The third-order valence-electron chi connectivity index (χ3n) is 4.60. The van der Waals surface area contributed by atoms with E-state index in [2.05, 4.69) is 10.3 Å². The normalized spacial score (nSPS) is 11.5. The highest BCUT2D eigenvalue weighted by molar-refractivity contribution is 6.07. The van der Waals surface area contributed by atoms with Gasteiger partial charge in [-0.1, -0.05) is 44.2 Å². The molecule has 3 aromatic rings. The Morgan fingerprint density at radius 1 is 1.11 bits per heavy atom. The van der Waals surface area contributed by atoms with Gasteiger partial charge in [0, 0.05) is 26.4 Å². The largest absolute Gasteiger partial charge is 0.332 e. The smallest absolute Gasteiger partial charge is 0.321 e. The fourth-order valence-corrected chi connectivity index (χ4v) is 3.02. The second kappa shape index (κ2) is 7.64. The monoisotopic (exact) mass is 378 g/mol. The summed E-state index contributed by atoms with van der Waals surface area (Å²) in [5.74, 6) is -0.346. The van der Waals surface area contributed by atoms with Gasteiger partial charge in [0.2, 0.25) is 5.91 Å². The molecule has 0 radical (unpaired) electrons. The molecule has 3 rings (SSSR count). The van der Waals surface area contributed by atoms with Crippen LogP contribution < -0.4 is 16.6 Å². The number of pyridine rings is 1. The van der Waals surface area contributed by atoms with E-state index in [1.54, 1.807) is 19.3 Å². The maximum Gasteiger partial charge on any atom is 0.332 e. The molecule has 7 nitrogen and oxygen atoms in total. The molecule has 0 fully saturated rings. The molecule has 28 heavy (non-hydrogen) atoms. The lowest BCUT2D eigenvalue weighted by Crippen LogP contribution is -2.38. The van der Waals surface area contributed by atoms with E-state index in [1.165, 1.54) is 17.7 Å². The van der Waals surface area contributed by atoms with Crippen molar-refractivity contribution < 1.29 is 4.79 Å². The van der Waals surface area contributed by atoms with E-state index < -0.39 is 11.2 Å². The molecular weight excluding hydrogens is 356 g/mol. The molecule has 0 saturated carbocycles. The summed E-state index contributed by atoms with van der Waals surface area (Å²) in [6.45, 7) is 3.90. The van der Waals surface area contributed by atoms with Crippen LogP contribution in [0.1, 0.15) is 30.9 Å². The minimum absolute atomic E-state index is 0.0206. The van der Waals surface area contributed by atoms with Crippen molar-refractivity contribution in [3.8, 4) is 0 Å². The number of fused-ring (bicyclic) bond motifs is 1. The minimum Gasteiger partial charge on any atom is -0.321 e. The van der Waals surface area contributed by atoms with Crippen molar-refractivity contribution in [3.63, 3.8) is 0 Å². The number of hydrogen-bond donors (Lipinski definition) is 1. The predicted molar refractivity (Wildman–Crippen MR) is 110 cm³/mol. The average Bonchev–Trinajstić information content (AvgIpc) is 2.69. The molecule has 2 heterocycles. The van der Waals surface area contributed by atoms with Crippen LogP contribution in [0.5, 0.6) is 0 Å². The highest BCUT2D eigenvalue weighted by atomic mass is 16.2. The molecule has 0 atom stereocenters. The van der Waals surface area contributed by atoms with E-state index in [0.29, 0.717) is 5.69 Å². The molecule has 1 amide bonds. The Hall–Kier alpha value is -3.48. The van der Waals surface area contributed by atoms with Crippen molar-refractivity contribution in [1.29, 1.82) is 0 Å².